The minimum Gasteiger partial charge on any atom is -0.466 e. The van der Waals surface area contributed by atoms with Gasteiger partial charge in [-0.05, 0) is 57.8 Å². The first-order valence-electron chi connectivity index (χ1n) is 28.3. The number of aliphatic hydroxyl groups is 5. The first-order valence-corrected chi connectivity index (χ1v) is 28.3. The molecule has 1 aliphatic heterocycles. The van der Waals surface area contributed by atoms with Crippen LogP contribution in [-0.4, -0.2) is 100 Å². The third kappa shape index (κ3) is 36.8. The molecule has 1 amide bonds. The summed E-state index contributed by atoms with van der Waals surface area (Å²) in [4.78, 5) is 25.0. The number of carbonyl (C=O) groups excluding carboxylic acids is 2. The van der Waals surface area contributed by atoms with Crippen molar-refractivity contribution in [2.24, 2.45) is 0 Å². The molecule has 68 heavy (non-hydrogen) atoms. The Hall–Kier alpha value is -2.12. The van der Waals surface area contributed by atoms with Crippen LogP contribution in [0.15, 0.2) is 36.5 Å². The molecule has 1 aliphatic rings. The van der Waals surface area contributed by atoms with E-state index in [0.717, 1.165) is 77.0 Å². The summed E-state index contributed by atoms with van der Waals surface area (Å²) < 4.78 is 16.7. The highest BCUT2D eigenvalue weighted by Gasteiger charge is 2.44. The van der Waals surface area contributed by atoms with Crippen LogP contribution >= 0.6 is 0 Å². The van der Waals surface area contributed by atoms with E-state index in [9.17, 15) is 35.1 Å². The first-order chi connectivity index (χ1) is 33.2. The highest BCUT2D eigenvalue weighted by Crippen LogP contribution is 2.23. The van der Waals surface area contributed by atoms with Gasteiger partial charge in [0, 0.05) is 12.8 Å². The predicted octanol–water partition coefficient (Wildman–Crippen LogP) is 12.3. The van der Waals surface area contributed by atoms with E-state index >= 15 is 0 Å². The molecule has 6 N–H and O–H groups in total. The maximum atomic E-state index is 13.0. The van der Waals surface area contributed by atoms with E-state index < -0.39 is 49.5 Å². The zero-order valence-corrected chi connectivity index (χ0v) is 43.6. The predicted molar refractivity (Wildman–Crippen MR) is 278 cm³/mol. The van der Waals surface area contributed by atoms with Crippen molar-refractivity contribution in [2.45, 2.75) is 294 Å². The second-order valence-electron chi connectivity index (χ2n) is 19.6. The Balaban J connectivity index is 2.04. The second-order valence-corrected chi connectivity index (χ2v) is 19.6. The first kappa shape index (κ1) is 63.9. The maximum absolute atomic E-state index is 13.0. The number of ether oxygens (including phenoxy) is 3. The highest BCUT2D eigenvalue weighted by molar-refractivity contribution is 5.76. The molecule has 7 atom stereocenters. The third-order valence-corrected chi connectivity index (χ3v) is 13.2. The number of aliphatic hydroxyl groups excluding tert-OH is 5. The zero-order chi connectivity index (χ0) is 49.6. The molecule has 0 radical (unpaired) electrons. The Labute approximate surface area is 415 Å². The Kier molecular flexibility index (Phi) is 44.4. The smallest absolute Gasteiger partial charge is 0.305 e. The van der Waals surface area contributed by atoms with E-state index in [1.807, 2.05) is 6.08 Å². The van der Waals surface area contributed by atoms with Gasteiger partial charge in [-0.2, -0.15) is 0 Å². The number of rotatable bonds is 48. The van der Waals surface area contributed by atoms with E-state index in [1.165, 1.54) is 148 Å². The van der Waals surface area contributed by atoms with Gasteiger partial charge in [0.2, 0.25) is 5.91 Å². The van der Waals surface area contributed by atoms with Gasteiger partial charge in [-0.1, -0.05) is 217 Å². The lowest BCUT2D eigenvalue weighted by atomic mass is 9.99. The van der Waals surface area contributed by atoms with Gasteiger partial charge >= 0.3 is 5.97 Å². The van der Waals surface area contributed by atoms with Crippen molar-refractivity contribution < 1.29 is 49.3 Å². The van der Waals surface area contributed by atoms with Crippen molar-refractivity contribution in [3.63, 3.8) is 0 Å². The quantitative estimate of drug-likeness (QED) is 0.0196. The fourth-order valence-corrected chi connectivity index (χ4v) is 8.71. The Morgan fingerprint density at radius 1 is 0.544 bits per heavy atom. The van der Waals surface area contributed by atoms with Gasteiger partial charge in [0.05, 0.1) is 32.0 Å². The lowest BCUT2D eigenvalue weighted by molar-refractivity contribution is -0.302. The lowest BCUT2D eigenvalue weighted by Gasteiger charge is -2.40. The number of unbranched alkanes of at least 4 members (excludes halogenated alkanes) is 30. The molecule has 1 heterocycles. The molecule has 0 aromatic rings. The fraction of sp³-hybridized carbons (Fsp3) is 0.860. The molecule has 0 saturated carbocycles. The fourth-order valence-electron chi connectivity index (χ4n) is 8.71. The number of hydrogen-bond donors (Lipinski definition) is 6. The van der Waals surface area contributed by atoms with Crippen LogP contribution < -0.4 is 5.32 Å². The molecule has 0 bridgehead atoms. The van der Waals surface area contributed by atoms with Crippen molar-refractivity contribution >= 4 is 11.9 Å². The number of nitrogens with one attached hydrogen (secondary N) is 1. The second kappa shape index (κ2) is 47.2. The highest BCUT2D eigenvalue weighted by atomic mass is 16.7. The Morgan fingerprint density at radius 3 is 1.54 bits per heavy atom. The van der Waals surface area contributed by atoms with E-state index in [4.69, 9.17) is 14.2 Å². The molecule has 0 aliphatic carbocycles. The van der Waals surface area contributed by atoms with Gasteiger partial charge < -0.3 is 45.1 Å². The summed E-state index contributed by atoms with van der Waals surface area (Å²) in [5.41, 5.74) is 0. The molecule has 11 nitrogen and oxygen atoms in total. The molecule has 7 unspecified atom stereocenters. The standard InChI is InChI=1S/C57H105NO10/c1-3-5-7-9-11-13-14-21-25-29-33-37-41-45-53(62)66-46-42-38-34-30-26-23-20-18-16-15-17-19-22-24-28-32-36-40-44-52(61)58-49(50(60)43-39-35-31-27-12-10-8-6-4-2)48-67-57-56(65)55(64)54(63)51(47-59)68-57/h7,9,13-14,39,43,49-51,54-57,59-60,63-65H,3-6,8,10-12,15-38,40-42,44-48H2,1-2H3,(H,58,61)/b9-7-,14-13-,43-39+. The van der Waals surface area contributed by atoms with Crippen LogP contribution in [0.25, 0.3) is 0 Å². The van der Waals surface area contributed by atoms with E-state index in [1.54, 1.807) is 6.08 Å². The van der Waals surface area contributed by atoms with Crippen molar-refractivity contribution in [1.29, 1.82) is 0 Å². The molecule has 0 aromatic carbocycles. The van der Waals surface area contributed by atoms with Gasteiger partial charge in [0.25, 0.3) is 0 Å². The average Bonchev–Trinajstić information content (AvgIpc) is 3.33. The van der Waals surface area contributed by atoms with E-state index in [0.29, 0.717) is 19.4 Å². The van der Waals surface area contributed by atoms with Crippen LogP contribution in [0.4, 0.5) is 0 Å². The van der Waals surface area contributed by atoms with Crippen LogP contribution in [0.2, 0.25) is 0 Å². The molecule has 398 valence electrons. The minimum atomic E-state index is -1.57. The number of allylic oxidation sites excluding steroid dienone is 5. The van der Waals surface area contributed by atoms with Gasteiger partial charge in [-0.25, -0.2) is 0 Å². The van der Waals surface area contributed by atoms with Gasteiger partial charge in [-0.15, -0.1) is 0 Å². The largest absolute Gasteiger partial charge is 0.466 e. The van der Waals surface area contributed by atoms with Crippen molar-refractivity contribution in [2.75, 3.05) is 19.8 Å². The summed E-state index contributed by atoms with van der Waals surface area (Å²) in [6, 6.07) is -0.812. The van der Waals surface area contributed by atoms with Crippen LogP contribution in [0.1, 0.15) is 251 Å². The summed E-state index contributed by atoms with van der Waals surface area (Å²) >= 11 is 0. The van der Waals surface area contributed by atoms with E-state index in [2.05, 4.69) is 43.5 Å². The molecule has 0 spiro atoms. The van der Waals surface area contributed by atoms with Crippen LogP contribution in [0.3, 0.4) is 0 Å². The Bertz CT molecular complexity index is 1230. The maximum Gasteiger partial charge on any atom is 0.305 e. The zero-order valence-electron chi connectivity index (χ0n) is 43.6. The number of carbonyl (C=O) groups is 2. The van der Waals surface area contributed by atoms with Crippen LogP contribution in [0.5, 0.6) is 0 Å². The average molecular weight is 964 g/mol. The van der Waals surface area contributed by atoms with Gasteiger partial charge in [0.15, 0.2) is 6.29 Å². The summed E-state index contributed by atoms with van der Waals surface area (Å²) in [5.74, 6) is -0.213. The van der Waals surface area contributed by atoms with Crippen molar-refractivity contribution in [3.8, 4) is 0 Å². The monoisotopic (exact) mass is 964 g/mol. The van der Waals surface area contributed by atoms with Gasteiger partial charge in [0.1, 0.15) is 24.4 Å². The van der Waals surface area contributed by atoms with Crippen molar-refractivity contribution in [1.82, 2.24) is 5.32 Å². The molecule has 0 aromatic heterocycles. The molecular formula is C57H105NO10. The lowest BCUT2D eigenvalue weighted by Crippen LogP contribution is -2.60. The normalized spacial score (nSPS) is 19.7. The Morgan fingerprint density at radius 2 is 1.01 bits per heavy atom. The topological polar surface area (TPSA) is 175 Å². The summed E-state index contributed by atoms with van der Waals surface area (Å²) in [5, 5.41) is 54.2. The van der Waals surface area contributed by atoms with Crippen molar-refractivity contribution in [3.05, 3.63) is 36.5 Å². The molecular weight excluding hydrogens is 859 g/mol. The minimum absolute atomic E-state index is 0.0244. The summed E-state index contributed by atoms with van der Waals surface area (Å²) in [6.07, 6.45) is 46.7. The third-order valence-electron chi connectivity index (χ3n) is 13.2. The number of amides is 1. The van der Waals surface area contributed by atoms with Crippen LogP contribution in [-0.2, 0) is 23.8 Å². The molecule has 11 heteroatoms. The number of esters is 1. The van der Waals surface area contributed by atoms with E-state index in [-0.39, 0.29) is 18.5 Å². The molecule has 1 fully saturated rings. The SMILES string of the molecule is CCC/C=C\C/C=C\CCCCCCCC(=O)OCCCCCCCCCCCCCCCCCCCCC(=O)NC(COC1OC(CO)C(O)C(O)C1O)C(O)/C=C/CCCCCCCCC. The molecule has 1 saturated heterocycles. The summed E-state index contributed by atoms with van der Waals surface area (Å²) in [7, 11) is 0. The van der Waals surface area contributed by atoms with Gasteiger partial charge in [-0.3, -0.25) is 9.59 Å². The number of hydrogen-bond acceptors (Lipinski definition) is 10. The summed E-state index contributed by atoms with van der Waals surface area (Å²) in [6.45, 7) is 4.22. The molecule has 1 rings (SSSR count). The van der Waals surface area contributed by atoms with Crippen LogP contribution in [0, 0.1) is 0 Å².